The molecule has 1 N–H and O–H groups in total. The van der Waals surface area contributed by atoms with Crippen molar-refractivity contribution in [3.8, 4) is 11.3 Å². The summed E-state index contributed by atoms with van der Waals surface area (Å²) in [6.45, 7) is 1.61. The van der Waals surface area contributed by atoms with Crippen molar-refractivity contribution in [2.45, 2.75) is 13.0 Å². The van der Waals surface area contributed by atoms with Gasteiger partial charge in [0.1, 0.15) is 18.3 Å². The molecular weight excluding hydrogens is 312 g/mol. The van der Waals surface area contributed by atoms with Gasteiger partial charge in [0.25, 0.3) is 0 Å². The topological polar surface area (TPSA) is 68.5 Å². The normalized spacial score (nSPS) is 10.9. The van der Waals surface area contributed by atoms with Crippen LogP contribution in [0.25, 0.3) is 22.0 Å². The average molecular weight is 330 g/mol. The van der Waals surface area contributed by atoms with Crippen LogP contribution in [0.4, 0.5) is 5.82 Å². The zero-order valence-electron chi connectivity index (χ0n) is 13.7. The van der Waals surface area contributed by atoms with Crippen LogP contribution in [0.2, 0.25) is 0 Å². The Kier molecular flexibility index (Phi) is 4.33. The van der Waals surface area contributed by atoms with E-state index in [-0.39, 0.29) is 0 Å². The number of nitrogens with one attached hydrogen (secondary N) is 1. The number of fused-ring (bicyclic) bond motifs is 1. The minimum atomic E-state index is 0.795. The Morgan fingerprint density at radius 3 is 2.48 bits per heavy atom. The fourth-order valence-electron chi connectivity index (χ4n) is 2.84. The summed E-state index contributed by atoms with van der Waals surface area (Å²) in [7, 11) is 0. The van der Waals surface area contributed by atoms with Gasteiger partial charge in [0.15, 0.2) is 5.82 Å². The highest BCUT2D eigenvalue weighted by Crippen LogP contribution is 2.29. The number of nitrogens with zero attached hydrogens (tertiary/aromatic N) is 5. The van der Waals surface area contributed by atoms with Gasteiger partial charge in [0, 0.05) is 29.4 Å². The minimum absolute atomic E-state index is 0.795. The maximum atomic E-state index is 4.47. The Morgan fingerprint density at radius 2 is 1.68 bits per heavy atom. The van der Waals surface area contributed by atoms with Crippen LogP contribution >= 0.6 is 0 Å². The molecule has 0 aliphatic rings. The molecule has 0 amide bonds. The average Bonchev–Trinajstić information content (AvgIpc) is 3.19. The Bertz CT molecular complexity index is 950. The lowest BCUT2D eigenvalue weighted by atomic mass is 10.0. The fourth-order valence-corrected chi connectivity index (χ4v) is 2.84. The molecule has 0 spiro atoms. The summed E-state index contributed by atoms with van der Waals surface area (Å²) in [6, 6.07) is 18.4. The van der Waals surface area contributed by atoms with Crippen molar-refractivity contribution in [1.82, 2.24) is 25.0 Å². The van der Waals surface area contributed by atoms with Crippen LogP contribution in [-0.2, 0) is 6.54 Å². The summed E-state index contributed by atoms with van der Waals surface area (Å²) in [5, 5.41) is 18.6. The molecule has 6 heteroatoms. The van der Waals surface area contributed by atoms with Gasteiger partial charge in [-0.15, -0.1) is 10.2 Å². The third-order valence-electron chi connectivity index (χ3n) is 4.06. The van der Waals surface area contributed by atoms with Crippen molar-refractivity contribution in [3.63, 3.8) is 0 Å². The number of hydrogen-bond acceptors (Lipinski definition) is 5. The van der Waals surface area contributed by atoms with Crippen molar-refractivity contribution in [2.75, 3.05) is 11.9 Å². The van der Waals surface area contributed by atoms with Crippen molar-refractivity contribution in [3.05, 3.63) is 67.3 Å². The quantitative estimate of drug-likeness (QED) is 0.549. The van der Waals surface area contributed by atoms with E-state index in [2.05, 4.69) is 49.9 Å². The second kappa shape index (κ2) is 7.09. The highest BCUT2D eigenvalue weighted by atomic mass is 15.3. The van der Waals surface area contributed by atoms with Crippen LogP contribution in [0, 0.1) is 0 Å². The van der Waals surface area contributed by atoms with Gasteiger partial charge in [-0.1, -0.05) is 54.6 Å². The minimum Gasteiger partial charge on any atom is -0.368 e. The third-order valence-corrected chi connectivity index (χ3v) is 4.06. The molecule has 2 heterocycles. The fraction of sp³-hybridized carbons (Fsp3) is 0.158. The highest BCUT2D eigenvalue weighted by Gasteiger charge is 2.10. The molecule has 0 bridgehead atoms. The van der Waals surface area contributed by atoms with Crippen LogP contribution in [0.5, 0.6) is 0 Å². The summed E-state index contributed by atoms with van der Waals surface area (Å²) >= 11 is 0. The van der Waals surface area contributed by atoms with Gasteiger partial charge in [-0.3, -0.25) is 4.68 Å². The van der Waals surface area contributed by atoms with E-state index in [4.69, 9.17) is 0 Å². The number of anilines is 1. The highest BCUT2D eigenvalue weighted by molar-refractivity contribution is 5.99. The summed E-state index contributed by atoms with van der Waals surface area (Å²) < 4.78 is 1.82. The Balaban J connectivity index is 1.56. The summed E-state index contributed by atoms with van der Waals surface area (Å²) in [6.07, 6.45) is 4.21. The predicted octanol–water partition coefficient (Wildman–Crippen LogP) is 3.39. The van der Waals surface area contributed by atoms with Gasteiger partial charge in [-0.2, -0.15) is 5.10 Å². The zero-order valence-corrected chi connectivity index (χ0v) is 13.7. The Morgan fingerprint density at radius 1 is 0.880 bits per heavy atom. The predicted molar refractivity (Wildman–Crippen MR) is 98.1 cm³/mol. The van der Waals surface area contributed by atoms with Gasteiger partial charge >= 0.3 is 0 Å². The molecular formula is C19H18N6. The first-order valence-corrected chi connectivity index (χ1v) is 8.29. The van der Waals surface area contributed by atoms with E-state index in [1.807, 2.05) is 35.0 Å². The smallest absolute Gasteiger partial charge is 0.156 e. The molecule has 6 nitrogen and oxygen atoms in total. The molecule has 0 aliphatic heterocycles. The van der Waals surface area contributed by atoms with E-state index in [0.29, 0.717) is 0 Å². The monoisotopic (exact) mass is 330 g/mol. The maximum Gasteiger partial charge on any atom is 0.156 e. The second-order valence-electron chi connectivity index (χ2n) is 5.75. The van der Waals surface area contributed by atoms with Gasteiger partial charge < -0.3 is 5.32 Å². The molecule has 0 saturated carbocycles. The lowest BCUT2D eigenvalue weighted by Gasteiger charge is -2.11. The van der Waals surface area contributed by atoms with E-state index in [9.17, 15) is 0 Å². The van der Waals surface area contributed by atoms with Gasteiger partial charge in [0.2, 0.25) is 0 Å². The molecule has 0 aliphatic carbocycles. The molecule has 0 unspecified atom stereocenters. The van der Waals surface area contributed by atoms with Gasteiger partial charge in [-0.05, 0) is 6.42 Å². The van der Waals surface area contributed by atoms with Crippen molar-refractivity contribution in [2.24, 2.45) is 0 Å². The van der Waals surface area contributed by atoms with Crippen molar-refractivity contribution >= 4 is 16.6 Å². The molecule has 124 valence electrons. The molecule has 25 heavy (non-hydrogen) atoms. The molecule has 4 rings (SSSR count). The summed E-state index contributed by atoms with van der Waals surface area (Å²) in [5.41, 5.74) is 1.98. The number of hydrogen-bond donors (Lipinski definition) is 1. The van der Waals surface area contributed by atoms with E-state index in [1.54, 1.807) is 12.7 Å². The van der Waals surface area contributed by atoms with Crippen LogP contribution in [-0.4, -0.2) is 31.5 Å². The lowest BCUT2D eigenvalue weighted by Crippen LogP contribution is -2.09. The van der Waals surface area contributed by atoms with Crippen LogP contribution in [0.15, 0.2) is 67.3 Å². The molecule has 0 fully saturated rings. The maximum absolute atomic E-state index is 4.47. The van der Waals surface area contributed by atoms with Gasteiger partial charge in [0.05, 0.1) is 0 Å². The van der Waals surface area contributed by atoms with E-state index in [1.165, 1.54) is 0 Å². The second-order valence-corrected chi connectivity index (χ2v) is 5.75. The van der Waals surface area contributed by atoms with Crippen molar-refractivity contribution < 1.29 is 0 Å². The molecule has 0 atom stereocenters. The molecule has 0 saturated heterocycles. The first kappa shape index (κ1) is 15.3. The lowest BCUT2D eigenvalue weighted by molar-refractivity contribution is 0.590. The number of aryl methyl sites for hydroxylation is 1. The third kappa shape index (κ3) is 3.33. The van der Waals surface area contributed by atoms with Gasteiger partial charge in [-0.25, -0.2) is 4.98 Å². The Labute approximate surface area is 145 Å². The van der Waals surface area contributed by atoms with E-state index in [0.717, 1.165) is 47.4 Å². The first-order chi connectivity index (χ1) is 12.4. The number of benzene rings is 2. The van der Waals surface area contributed by atoms with Crippen LogP contribution in [0.3, 0.4) is 0 Å². The Hall–Kier alpha value is -3.28. The molecule has 0 radical (unpaired) electrons. The van der Waals surface area contributed by atoms with E-state index >= 15 is 0 Å². The van der Waals surface area contributed by atoms with E-state index < -0.39 is 0 Å². The number of aromatic nitrogens is 5. The largest absolute Gasteiger partial charge is 0.368 e. The molecule has 4 aromatic rings. The SMILES string of the molecule is c1ccc(-c2nnc(NCCCn3cncn3)c3ccccc23)cc1. The molecule has 2 aromatic heterocycles. The first-order valence-electron chi connectivity index (χ1n) is 8.29. The summed E-state index contributed by atoms with van der Waals surface area (Å²) in [4.78, 5) is 3.95. The van der Waals surface area contributed by atoms with Crippen LogP contribution in [0.1, 0.15) is 6.42 Å². The zero-order chi connectivity index (χ0) is 16.9. The summed E-state index contributed by atoms with van der Waals surface area (Å²) in [5.74, 6) is 0.814. The number of rotatable bonds is 6. The van der Waals surface area contributed by atoms with Crippen molar-refractivity contribution in [1.29, 1.82) is 0 Å². The molecule has 2 aromatic carbocycles. The van der Waals surface area contributed by atoms with Crippen LogP contribution < -0.4 is 5.32 Å². The standard InChI is InChI=1S/C19H18N6/c1-2-7-15(8-3-1)18-16-9-4-5-10-17(16)19(24-23-18)21-11-6-12-25-14-20-13-22-25/h1-5,7-10,13-14H,6,11-12H2,(H,21,24).